The molecule has 2 aromatic rings. The summed E-state index contributed by atoms with van der Waals surface area (Å²) in [6.07, 6.45) is 1.37. The molecule has 1 aromatic carbocycles. The first-order valence-electron chi connectivity index (χ1n) is 5.57. The number of rotatable bonds is 2. The second kappa shape index (κ2) is 5.20. The minimum Gasteiger partial charge on any atom is -0.397 e. The number of nitrogens with two attached hydrogens (primary N) is 1. The molecule has 1 heterocycles. The molecule has 0 saturated carbocycles. The van der Waals surface area contributed by atoms with Crippen LogP contribution in [0.15, 0.2) is 24.4 Å². The molecule has 7 heteroatoms. The number of nitrogens with one attached hydrogen (secondary N) is 1. The Kier molecular flexibility index (Phi) is 3.60. The number of nitrogens with zero attached hydrogens (tertiary/aromatic N) is 1. The van der Waals surface area contributed by atoms with Crippen LogP contribution in [-0.2, 0) is 0 Å². The molecule has 0 aliphatic rings. The molecular formula is C13H10F3N3O. The first-order valence-corrected chi connectivity index (χ1v) is 5.57. The maximum absolute atomic E-state index is 13.4. The zero-order valence-corrected chi connectivity index (χ0v) is 10.4. The summed E-state index contributed by atoms with van der Waals surface area (Å²) in [5, 5.41) is 2.15. The summed E-state index contributed by atoms with van der Waals surface area (Å²) in [6.45, 7) is 1.57. The highest BCUT2D eigenvalue weighted by Crippen LogP contribution is 2.21. The Morgan fingerprint density at radius 1 is 1.25 bits per heavy atom. The molecule has 20 heavy (non-hydrogen) atoms. The molecule has 0 unspecified atom stereocenters. The number of anilines is 2. The van der Waals surface area contributed by atoms with Crippen LogP contribution in [0.3, 0.4) is 0 Å². The molecule has 0 bridgehead atoms. The van der Waals surface area contributed by atoms with Crippen molar-refractivity contribution >= 4 is 17.3 Å². The van der Waals surface area contributed by atoms with Gasteiger partial charge in [0.05, 0.1) is 28.8 Å². The predicted molar refractivity (Wildman–Crippen MR) is 67.7 cm³/mol. The minimum absolute atomic E-state index is 0.120. The van der Waals surface area contributed by atoms with Gasteiger partial charge in [-0.05, 0) is 25.1 Å². The molecule has 0 aliphatic carbocycles. The summed E-state index contributed by atoms with van der Waals surface area (Å²) in [6, 6.07) is 3.01. The smallest absolute Gasteiger partial charge is 0.257 e. The molecule has 0 spiro atoms. The first-order chi connectivity index (χ1) is 9.40. The number of aromatic nitrogens is 1. The van der Waals surface area contributed by atoms with Gasteiger partial charge in [0.15, 0.2) is 17.5 Å². The van der Waals surface area contributed by atoms with Crippen LogP contribution in [0.25, 0.3) is 0 Å². The maximum Gasteiger partial charge on any atom is 0.257 e. The fourth-order valence-corrected chi connectivity index (χ4v) is 1.59. The van der Waals surface area contributed by atoms with Gasteiger partial charge in [0.2, 0.25) is 0 Å². The number of aryl methyl sites for hydroxylation is 1. The van der Waals surface area contributed by atoms with Crippen LogP contribution in [-0.4, -0.2) is 10.9 Å². The Bertz CT molecular complexity index is 689. The monoisotopic (exact) mass is 281 g/mol. The zero-order chi connectivity index (χ0) is 14.9. The van der Waals surface area contributed by atoms with Crippen LogP contribution in [0.2, 0.25) is 0 Å². The number of carbonyl (C=O) groups is 1. The lowest BCUT2D eigenvalue weighted by atomic mass is 10.1. The molecular weight excluding hydrogens is 271 g/mol. The predicted octanol–water partition coefficient (Wildman–Crippen LogP) is 2.64. The Morgan fingerprint density at radius 3 is 2.65 bits per heavy atom. The van der Waals surface area contributed by atoms with Crippen LogP contribution in [0, 0.1) is 24.4 Å². The van der Waals surface area contributed by atoms with Crippen molar-refractivity contribution in [2.24, 2.45) is 0 Å². The first kappa shape index (κ1) is 13.9. The molecule has 0 saturated heterocycles. The number of hydrogen-bond donors (Lipinski definition) is 2. The molecule has 1 aromatic heterocycles. The highest BCUT2D eigenvalue weighted by molar-refractivity contribution is 6.05. The molecule has 0 radical (unpaired) electrons. The van der Waals surface area contributed by atoms with Crippen molar-refractivity contribution in [2.75, 3.05) is 11.1 Å². The quantitative estimate of drug-likeness (QED) is 0.831. The molecule has 3 N–H and O–H groups in total. The Hall–Kier alpha value is -2.57. The second-order valence-corrected chi connectivity index (χ2v) is 4.08. The van der Waals surface area contributed by atoms with E-state index in [1.54, 1.807) is 6.92 Å². The van der Waals surface area contributed by atoms with E-state index in [1.807, 2.05) is 0 Å². The third kappa shape index (κ3) is 2.56. The van der Waals surface area contributed by atoms with E-state index < -0.39 is 29.0 Å². The van der Waals surface area contributed by atoms with E-state index in [4.69, 9.17) is 5.73 Å². The van der Waals surface area contributed by atoms with E-state index >= 15 is 0 Å². The number of pyridine rings is 1. The van der Waals surface area contributed by atoms with Crippen LogP contribution < -0.4 is 11.1 Å². The van der Waals surface area contributed by atoms with Crippen LogP contribution >= 0.6 is 0 Å². The van der Waals surface area contributed by atoms with E-state index in [0.29, 0.717) is 5.69 Å². The van der Waals surface area contributed by atoms with Crippen molar-refractivity contribution in [3.8, 4) is 0 Å². The van der Waals surface area contributed by atoms with Gasteiger partial charge in [-0.1, -0.05) is 0 Å². The fraction of sp³-hybridized carbons (Fsp3) is 0.0769. The van der Waals surface area contributed by atoms with Gasteiger partial charge >= 0.3 is 0 Å². The van der Waals surface area contributed by atoms with Crippen LogP contribution in [0.4, 0.5) is 24.5 Å². The zero-order valence-electron chi connectivity index (χ0n) is 10.4. The standard InChI is InChI=1S/C13H10F3N3O/c1-6-8(4-7(17)5-18-6)13(20)19-10-3-2-9(14)11(15)12(10)16/h2-5H,17H2,1H3,(H,19,20). The summed E-state index contributed by atoms with van der Waals surface area (Å²) in [4.78, 5) is 15.8. The summed E-state index contributed by atoms with van der Waals surface area (Å²) in [7, 11) is 0. The van der Waals surface area contributed by atoms with E-state index in [0.717, 1.165) is 12.1 Å². The third-order valence-corrected chi connectivity index (χ3v) is 2.64. The van der Waals surface area contributed by atoms with Gasteiger partial charge in [-0.25, -0.2) is 13.2 Å². The maximum atomic E-state index is 13.4. The lowest BCUT2D eigenvalue weighted by Crippen LogP contribution is -2.16. The topological polar surface area (TPSA) is 68.0 Å². The van der Waals surface area contributed by atoms with Crippen LogP contribution in [0.1, 0.15) is 16.1 Å². The molecule has 4 nitrogen and oxygen atoms in total. The van der Waals surface area contributed by atoms with Gasteiger partial charge in [0.25, 0.3) is 5.91 Å². The van der Waals surface area contributed by atoms with Crippen molar-refractivity contribution in [1.29, 1.82) is 0 Å². The second-order valence-electron chi connectivity index (χ2n) is 4.08. The molecule has 104 valence electrons. The number of halogens is 3. The van der Waals surface area contributed by atoms with Crippen molar-refractivity contribution in [1.82, 2.24) is 4.98 Å². The summed E-state index contributed by atoms with van der Waals surface area (Å²) < 4.78 is 39.3. The third-order valence-electron chi connectivity index (χ3n) is 2.64. The molecule has 0 fully saturated rings. The molecule has 1 amide bonds. The summed E-state index contributed by atoms with van der Waals surface area (Å²) >= 11 is 0. The van der Waals surface area contributed by atoms with Crippen molar-refractivity contribution < 1.29 is 18.0 Å². The highest BCUT2D eigenvalue weighted by Gasteiger charge is 2.17. The minimum atomic E-state index is -1.65. The average Bonchev–Trinajstić information content (AvgIpc) is 2.42. The van der Waals surface area contributed by atoms with E-state index in [1.165, 1.54) is 12.3 Å². The lowest BCUT2D eigenvalue weighted by Gasteiger charge is -2.09. The number of benzene rings is 1. The van der Waals surface area contributed by atoms with Gasteiger partial charge in [0, 0.05) is 0 Å². The van der Waals surface area contributed by atoms with Crippen molar-refractivity contribution in [3.63, 3.8) is 0 Å². The van der Waals surface area contributed by atoms with Gasteiger partial charge in [-0.15, -0.1) is 0 Å². The SMILES string of the molecule is Cc1ncc(N)cc1C(=O)Nc1ccc(F)c(F)c1F. The lowest BCUT2D eigenvalue weighted by molar-refractivity contribution is 0.102. The van der Waals surface area contributed by atoms with E-state index in [9.17, 15) is 18.0 Å². The number of amides is 1. The summed E-state index contributed by atoms with van der Waals surface area (Å²) in [5.41, 5.74) is 5.79. The van der Waals surface area contributed by atoms with Gasteiger partial charge in [0.1, 0.15) is 0 Å². The Labute approximate surface area is 112 Å². The molecule has 2 rings (SSSR count). The van der Waals surface area contributed by atoms with Crippen molar-refractivity contribution in [3.05, 3.63) is 53.1 Å². The molecule has 0 atom stereocenters. The van der Waals surface area contributed by atoms with Crippen molar-refractivity contribution in [2.45, 2.75) is 6.92 Å². The van der Waals surface area contributed by atoms with E-state index in [-0.39, 0.29) is 11.3 Å². The average molecular weight is 281 g/mol. The van der Waals surface area contributed by atoms with Gasteiger partial charge < -0.3 is 11.1 Å². The Morgan fingerprint density at radius 2 is 1.95 bits per heavy atom. The number of nitrogen functional groups attached to an aromatic ring is 1. The fourth-order valence-electron chi connectivity index (χ4n) is 1.59. The number of hydrogen-bond acceptors (Lipinski definition) is 3. The number of carbonyl (C=O) groups excluding carboxylic acids is 1. The largest absolute Gasteiger partial charge is 0.397 e. The summed E-state index contributed by atoms with van der Waals surface area (Å²) in [5.74, 6) is -5.16. The van der Waals surface area contributed by atoms with E-state index in [2.05, 4.69) is 10.3 Å². The van der Waals surface area contributed by atoms with Crippen LogP contribution in [0.5, 0.6) is 0 Å². The van der Waals surface area contributed by atoms with Gasteiger partial charge in [-0.2, -0.15) is 0 Å². The highest BCUT2D eigenvalue weighted by atomic mass is 19.2. The Balaban J connectivity index is 2.33. The van der Waals surface area contributed by atoms with Gasteiger partial charge in [-0.3, -0.25) is 9.78 Å². The normalized spacial score (nSPS) is 10.4. The molecule has 0 aliphatic heterocycles.